The van der Waals surface area contributed by atoms with Crippen molar-refractivity contribution in [2.75, 3.05) is 7.05 Å². The maximum atomic E-state index is 12.6. The molecule has 0 aromatic heterocycles. The van der Waals surface area contributed by atoms with Crippen molar-refractivity contribution >= 4 is 17.6 Å². The Hall–Kier alpha value is -2.67. The fraction of sp³-hybridized carbons (Fsp3) is 0.450. The van der Waals surface area contributed by atoms with Gasteiger partial charge in [-0.1, -0.05) is 36.4 Å². The Morgan fingerprint density at radius 3 is 2.44 bits per heavy atom. The number of benzene rings is 1. The zero-order valence-electron chi connectivity index (χ0n) is 15.9. The fourth-order valence-corrected chi connectivity index (χ4v) is 3.03. The molecule has 1 aromatic carbocycles. The van der Waals surface area contributed by atoms with Gasteiger partial charge >= 0.3 is 6.03 Å². The summed E-state index contributed by atoms with van der Waals surface area (Å²) in [6, 6.07) is 9.18. The van der Waals surface area contributed by atoms with Crippen LogP contribution in [0.25, 0.3) is 0 Å². The molecule has 0 saturated heterocycles. The number of nitrogens with one attached hydrogen (secondary N) is 3. The van der Waals surface area contributed by atoms with E-state index in [9.17, 15) is 14.7 Å². The van der Waals surface area contributed by atoms with E-state index in [-0.39, 0.29) is 23.8 Å². The number of hydrogen-bond donors (Lipinski definition) is 4. The molecule has 7 nitrogen and oxygen atoms in total. The Balaban J connectivity index is 1.89. The Morgan fingerprint density at radius 1 is 1.19 bits per heavy atom. The highest BCUT2D eigenvalue weighted by molar-refractivity contribution is 6.45. The number of aliphatic imine (C=N–C) groups is 1. The van der Waals surface area contributed by atoms with E-state index < -0.39 is 6.03 Å². The minimum Gasteiger partial charge on any atom is -0.393 e. The topological polar surface area (TPSA) is 103 Å². The van der Waals surface area contributed by atoms with Gasteiger partial charge in [0.2, 0.25) is 0 Å². The average molecular weight is 372 g/mol. The summed E-state index contributed by atoms with van der Waals surface area (Å²) in [6.45, 7) is 2.13. The summed E-state index contributed by atoms with van der Waals surface area (Å²) in [5.41, 5.74) is 1.52. The van der Waals surface area contributed by atoms with Crippen molar-refractivity contribution in [1.82, 2.24) is 16.0 Å². The number of amides is 3. The van der Waals surface area contributed by atoms with Crippen LogP contribution < -0.4 is 16.0 Å². The van der Waals surface area contributed by atoms with Crippen molar-refractivity contribution in [2.24, 2.45) is 4.99 Å². The van der Waals surface area contributed by atoms with Gasteiger partial charge in [0.1, 0.15) is 5.71 Å². The van der Waals surface area contributed by atoms with Crippen LogP contribution in [0.5, 0.6) is 0 Å². The summed E-state index contributed by atoms with van der Waals surface area (Å²) in [4.78, 5) is 28.8. The lowest BCUT2D eigenvalue weighted by Gasteiger charge is -2.26. The summed E-state index contributed by atoms with van der Waals surface area (Å²) in [7, 11) is 1.52. The molecule has 1 aromatic rings. The summed E-state index contributed by atoms with van der Waals surface area (Å²) < 4.78 is 0. The number of rotatable bonds is 6. The summed E-state index contributed by atoms with van der Waals surface area (Å²) >= 11 is 0. The zero-order chi connectivity index (χ0) is 19.6. The van der Waals surface area contributed by atoms with Crippen LogP contribution in [-0.2, 0) is 11.3 Å². The molecule has 1 aliphatic carbocycles. The van der Waals surface area contributed by atoms with Crippen molar-refractivity contribution in [2.45, 2.75) is 51.3 Å². The highest BCUT2D eigenvalue weighted by atomic mass is 16.3. The smallest absolute Gasteiger partial charge is 0.319 e. The third-order valence-electron chi connectivity index (χ3n) is 4.56. The first-order valence-corrected chi connectivity index (χ1v) is 9.24. The van der Waals surface area contributed by atoms with Crippen molar-refractivity contribution < 1.29 is 14.7 Å². The van der Waals surface area contributed by atoms with Gasteiger partial charge in [0.25, 0.3) is 5.91 Å². The molecule has 146 valence electrons. The van der Waals surface area contributed by atoms with E-state index in [1.54, 1.807) is 13.0 Å². The van der Waals surface area contributed by atoms with Crippen LogP contribution in [0.3, 0.4) is 0 Å². The second-order valence-corrected chi connectivity index (χ2v) is 6.55. The first kappa shape index (κ1) is 20.6. The molecule has 1 fully saturated rings. The number of nitrogens with zero attached hydrogens (tertiary/aromatic N) is 1. The van der Waals surface area contributed by atoms with Crippen LogP contribution in [0.4, 0.5) is 4.79 Å². The third kappa shape index (κ3) is 6.53. The lowest BCUT2D eigenvalue weighted by molar-refractivity contribution is -0.115. The molecule has 1 saturated carbocycles. The molecule has 0 heterocycles. The van der Waals surface area contributed by atoms with Crippen LogP contribution >= 0.6 is 0 Å². The van der Waals surface area contributed by atoms with Crippen molar-refractivity contribution in [3.05, 3.63) is 47.7 Å². The molecular formula is C20H28N4O3. The first-order chi connectivity index (χ1) is 13.0. The van der Waals surface area contributed by atoms with Gasteiger partial charge in [0.15, 0.2) is 0 Å². The van der Waals surface area contributed by atoms with Gasteiger partial charge in [0, 0.05) is 19.6 Å². The summed E-state index contributed by atoms with van der Waals surface area (Å²) in [5.74, 6) is -0.324. The predicted molar refractivity (Wildman–Crippen MR) is 105 cm³/mol. The monoisotopic (exact) mass is 372 g/mol. The molecule has 0 spiro atoms. The molecule has 0 radical (unpaired) electrons. The third-order valence-corrected chi connectivity index (χ3v) is 4.56. The Labute approximate surface area is 160 Å². The van der Waals surface area contributed by atoms with Gasteiger partial charge in [-0.25, -0.2) is 4.79 Å². The molecule has 3 amide bonds. The number of hydrogen-bond acceptors (Lipinski definition) is 4. The standard InChI is InChI=1S/C20H28N4O3/c1-3-17(24-20(27)22-13-14-7-5-4-6-8-14)18(21-2)19(26)23-15-9-11-16(25)12-10-15/h3-8,15-16,25H,9-13H2,1-2H3,(H,23,26)(H2,22,24,27)/b17-3+,21-18+. The lowest BCUT2D eigenvalue weighted by Crippen LogP contribution is -2.45. The largest absolute Gasteiger partial charge is 0.393 e. The molecule has 4 N–H and O–H groups in total. The number of carbonyl (C=O) groups is 2. The molecule has 1 aliphatic rings. The molecule has 27 heavy (non-hydrogen) atoms. The number of aliphatic hydroxyl groups is 1. The Morgan fingerprint density at radius 2 is 1.85 bits per heavy atom. The van der Waals surface area contributed by atoms with E-state index in [1.807, 2.05) is 30.3 Å². The summed E-state index contributed by atoms with van der Waals surface area (Å²) in [6.07, 6.45) is 4.20. The maximum Gasteiger partial charge on any atom is 0.319 e. The molecule has 0 aliphatic heterocycles. The van der Waals surface area contributed by atoms with Gasteiger partial charge in [-0.2, -0.15) is 0 Å². The molecular weight excluding hydrogens is 344 g/mol. The van der Waals surface area contributed by atoms with Gasteiger partial charge in [-0.05, 0) is 38.2 Å². The lowest BCUT2D eigenvalue weighted by atomic mass is 9.93. The molecule has 7 heteroatoms. The maximum absolute atomic E-state index is 12.6. The quantitative estimate of drug-likeness (QED) is 0.573. The average Bonchev–Trinajstić information content (AvgIpc) is 2.68. The number of aliphatic hydroxyl groups excluding tert-OH is 1. The van der Waals surface area contributed by atoms with Crippen LogP contribution in [0.15, 0.2) is 47.1 Å². The number of carbonyl (C=O) groups excluding carboxylic acids is 2. The second kappa shape index (κ2) is 10.5. The van der Waals surface area contributed by atoms with Gasteiger partial charge in [-0.3, -0.25) is 9.79 Å². The van der Waals surface area contributed by atoms with E-state index in [1.165, 1.54) is 7.05 Å². The van der Waals surface area contributed by atoms with Gasteiger partial charge in [0.05, 0.1) is 11.8 Å². The van der Waals surface area contributed by atoms with E-state index in [4.69, 9.17) is 0 Å². The van der Waals surface area contributed by atoms with Crippen molar-refractivity contribution in [3.63, 3.8) is 0 Å². The minimum absolute atomic E-state index is 0.0164. The van der Waals surface area contributed by atoms with Crippen LogP contribution in [0, 0.1) is 0 Å². The first-order valence-electron chi connectivity index (χ1n) is 9.24. The zero-order valence-corrected chi connectivity index (χ0v) is 15.9. The van der Waals surface area contributed by atoms with E-state index >= 15 is 0 Å². The van der Waals surface area contributed by atoms with Crippen molar-refractivity contribution in [1.29, 1.82) is 0 Å². The molecule has 2 rings (SSSR count). The van der Waals surface area contributed by atoms with E-state index in [0.29, 0.717) is 25.1 Å². The normalized spacial score (nSPS) is 20.7. The molecule has 0 bridgehead atoms. The highest BCUT2D eigenvalue weighted by Gasteiger charge is 2.24. The Kier molecular flexibility index (Phi) is 8.00. The number of urea groups is 1. The predicted octanol–water partition coefficient (Wildman–Crippen LogP) is 1.88. The van der Waals surface area contributed by atoms with Crippen molar-refractivity contribution in [3.8, 4) is 0 Å². The van der Waals surface area contributed by atoms with Crippen LogP contribution in [0.1, 0.15) is 38.2 Å². The SMILES string of the molecule is C/C=C(NC(=O)NCc1ccccc1)\C(=N/C)C(=O)NC1CCC(O)CC1. The fourth-order valence-electron chi connectivity index (χ4n) is 3.03. The minimum atomic E-state index is -0.401. The van der Waals surface area contributed by atoms with Crippen LogP contribution in [-0.4, -0.2) is 41.9 Å². The van der Waals surface area contributed by atoms with Gasteiger partial charge < -0.3 is 21.1 Å². The number of allylic oxidation sites excluding steroid dienone is 1. The highest BCUT2D eigenvalue weighted by Crippen LogP contribution is 2.18. The summed E-state index contributed by atoms with van der Waals surface area (Å²) in [5, 5.41) is 18.0. The Bertz CT molecular complexity index is 692. The van der Waals surface area contributed by atoms with E-state index in [2.05, 4.69) is 20.9 Å². The van der Waals surface area contributed by atoms with Crippen LogP contribution in [0.2, 0.25) is 0 Å². The second-order valence-electron chi connectivity index (χ2n) is 6.55. The molecule has 0 unspecified atom stereocenters. The molecule has 0 atom stereocenters. The van der Waals surface area contributed by atoms with Gasteiger partial charge in [-0.15, -0.1) is 0 Å². The van der Waals surface area contributed by atoms with E-state index in [0.717, 1.165) is 18.4 Å².